The van der Waals surface area contributed by atoms with Crippen LogP contribution in [-0.4, -0.2) is 55.9 Å². The standard InChI is InChI=1S/C14H26N2O3S/c1-11(2)16(9-13-5-3-4-7-15-13)14(17)12-6-8-20(18,19)10-12/h11-13,15H,3-10H2,1-2H3. The molecule has 0 aromatic rings. The summed E-state index contributed by atoms with van der Waals surface area (Å²) in [4.78, 5) is 14.5. The van der Waals surface area contributed by atoms with Crippen LogP contribution in [0.5, 0.6) is 0 Å². The van der Waals surface area contributed by atoms with Gasteiger partial charge < -0.3 is 10.2 Å². The van der Waals surface area contributed by atoms with Gasteiger partial charge in [-0.25, -0.2) is 8.42 Å². The molecule has 2 saturated heterocycles. The van der Waals surface area contributed by atoms with E-state index < -0.39 is 9.84 Å². The zero-order valence-electron chi connectivity index (χ0n) is 12.5. The number of carbonyl (C=O) groups is 1. The molecule has 2 aliphatic heterocycles. The minimum atomic E-state index is -3.00. The van der Waals surface area contributed by atoms with Gasteiger partial charge in [0.2, 0.25) is 5.91 Å². The molecular weight excluding hydrogens is 276 g/mol. The van der Waals surface area contributed by atoms with Crippen LogP contribution in [0.15, 0.2) is 0 Å². The second-order valence-electron chi connectivity index (χ2n) is 6.33. The lowest BCUT2D eigenvalue weighted by molar-refractivity contribution is -0.137. The third kappa shape index (κ3) is 3.95. The van der Waals surface area contributed by atoms with Crippen molar-refractivity contribution in [1.82, 2.24) is 10.2 Å². The van der Waals surface area contributed by atoms with E-state index in [9.17, 15) is 13.2 Å². The van der Waals surface area contributed by atoms with E-state index >= 15 is 0 Å². The molecule has 0 radical (unpaired) electrons. The Balaban J connectivity index is 1.98. The number of carbonyl (C=O) groups excluding carboxylic acids is 1. The minimum Gasteiger partial charge on any atom is -0.338 e. The Morgan fingerprint density at radius 3 is 2.55 bits per heavy atom. The second-order valence-corrected chi connectivity index (χ2v) is 8.56. The van der Waals surface area contributed by atoms with Crippen LogP contribution >= 0.6 is 0 Å². The molecule has 0 bridgehead atoms. The van der Waals surface area contributed by atoms with Gasteiger partial charge in [-0.05, 0) is 39.7 Å². The molecule has 2 heterocycles. The van der Waals surface area contributed by atoms with Crippen molar-refractivity contribution >= 4 is 15.7 Å². The highest BCUT2D eigenvalue weighted by Crippen LogP contribution is 2.22. The molecular formula is C14H26N2O3S. The van der Waals surface area contributed by atoms with Gasteiger partial charge in [0.25, 0.3) is 0 Å². The number of sulfone groups is 1. The summed E-state index contributed by atoms with van der Waals surface area (Å²) >= 11 is 0. The molecule has 0 aromatic carbocycles. The van der Waals surface area contributed by atoms with Crippen molar-refractivity contribution in [2.75, 3.05) is 24.6 Å². The summed E-state index contributed by atoms with van der Waals surface area (Å²) in [6.07, 6.45) is 3.99. The van der Waals surface area contributed by atoms with Crippen molar-refractivity contribution in [1.29, 1.82) is 0 Å². The van der Waals surface area contributed by atoms with Crippen molar-refractivity contribution in [3.63, 3.8) is 0 Å². The molecule has 116 valence electrons. The van der Waals surface area contributed by atoms with Crippen LogP contribution < -0.4 is 5.32 Å². The van der Waals surface area contributed by atoms with Gasteiger partial charge in [-0.1, -0.05) is 6.42 Å². The van der Waals surface area contributed by atoms with Crippen molar-refractivity contribution in [2.45, 2.75) is 51.6 Å². The molecule has 20 heavy (non-hydrogen) atoms. The Morgan fingerprint density at radius 2 is 2.05 bits per heavy atom. The van der Waals surface area contributed by atoms with Crippen LogP contribution in [0, 0.1) is 5.92 Å². The molecule has 0 aliphatic carbocycles. The molecule has 5 nitrogen and oxygen atoms in total. The summed E-state index contributed by atoms with van der Waals surface area (Å²) in [7, 11) is -3.00. The molecule has 2 rings (SSSR count). The number of nitrogens with one attached hydrogen (secondary N) is 1. The van der Waals surface area contributed by atoms with Gasteiger partial charge in [0.05, 0.1) is 17.4 Å². The van der Waals surface area contributed by atoms with Gasteiger partial charge >= 0.3 is 0 Å². The Kier molecular flexibility index (Phi) is 5.07. The zero-order chi connectivity index (χ0) is 14.8. The van der Waals surface area contributed by atoms with E-state index in [1.54, 1.807) is 0 Å². The molecule has 0 saturated carbocycles. The molecule has 1 N–H and O–H groups in total. The molecule has 0 aromatic heterocycles. The lowest BCUT2D eigenvalue weighted by Crippen LogP contribution is -2.50. The van der Waals surface area contributed by atoms with Crippen LogP contribution in [-0.2, 0) is 14.6 Å². The quantitative estimate of drug-likeness (QED) is 0.834. The predicted octanol–water partition coefficient (Wildman–Crippen LogP) is 0.800. The van der Waals surface area contributed by atoms with Crippen LogP contribution in [0.3, 0.4) is 0 Å². The number of amides is 1. The Bertz CT molecular complexity index is 441. The zero-order valence-corrected chi connectivity index (χ0v) is 13.3. The van der Waals surface area contributed by atoms with E-state index in [0.717, 1.165) is 13.0 Å². The number of nitrogens with zero attached hydrogens (tertiary/aromatic N) is 1. The first-order chi connectivity index (χ1) is 9.39. The van der Waals surface area contributed by atoms with Gasteiger partial charge in [-0.2, -0.15) is 0 Å². The van der Waals surface area contributed by atoms with Crippen LogP contribution in [0.25, 0.3) is 0 Å². The summed E-state index contributed by atoms with van der Waals surface area (Å²) in [6.45, 7) is 5.73. The van der Waals surface area contributed by atoms with E-state index in [0.29, 0.717) is 19.0 Å². The number of hydrogen-bond acceptors (Lipinski definition) is 4. The lowest BCUT2D eigenvalue weighted by Gasteiger charge is -2.34. The summed E-state index contributed by atoms with van der Waals surface area (Å²) in [5, 5.41) is 3.45. The summed E-state index contributed by atoms with van der Waals surface area (Å²) in [5.41, 5.74) is 0. The first kappa shape index (κ1) is 15.8. The summed E-state index contributed by atoms with van der Waals surface area (Å²) in [5.74, 6) is -0.107. The van der Waals surface area contributed by atoms with Crippen LogP contribution in [0.1, 0.15) is 39.5 Å². The first-order valence-electron chi connectivity index (χ1n) is 7.63. The smallest absolute Gasteiger partial charge is 0.227 e. The Hall–Kier alpha value is -0.620. The highest BCUT2D eigenvalue weighted by molar-refractivity contribution is 7.91. The van der Waals surface area contributed by atoms with Crippen LogP contribution in [0.4, 0.5) is 0 Å². The fourth-order valence-electron chi connectivity index (χ4n) is 3.10. The maximum atomic E-state index is 12.6. The molecule has 2 atom stereocenters. The van der Waals surface area contributed by atoms with E-state index in [2.05, 4.69) is 5.32 Å². The largest absolute Gasteiger partial charge is 0.338 e. The van der Waals surface area contributed by atoms with Gasteiger partial charge in [-0.3, -0.25) is 4.79 Å². The van der Waals surface area contributed by atoms with Gasteiger partial charge in [0, 0.05) is 18.6 Å². The highest BCUT2D eigenvalue weighted by Gasteiger charge is 2.36. The van der Waals surface area contributed by atoms with Crippen molar-refractivity contribution in [2.24, 2.45) is 5.92 Å². The molecule has 6 heteroatoms. The molecule has 0 spiro atoms. The Labute approximate surface area is 122 Å². The number of hydrogen-bond donors (Lipinski definition) is 1. The SMILES string of the molecule is CC(C)N(CC1CCCCN1)C(=O)C1CCS(=O)(=O)C1. The molecule has 1 amide bonds. The Morgan fingerprint density at radius 1 is 1.30 bits per heavy atom. The second kappa shape index (κ2) is 6.43. The van der Waals surface area contributed by atoms with Crippen LogP contribution in [0.2, 0.25) is 0 Å². The number of piperidine rings is 1. The van der Waals surface area contributed by atoms with E-state index in [1.807, 2.05) is 18.7 Å². The fourth-order valence-corrected chi connectivity index (χ4v) is 4.83. The predicted molar refractivity (Wildman–Crippen MR) is 79.3 cm³/mol. The highest BCUT2D eigenvalue weighted by atomic mass is 32.2. The fraction of sp³-hybridized carbons (Fsp3) is 0.929. The minimum absolute atomic E-state index is 0.0217. The van der Waals surface area contributed by atoms with Crippen molar-refractivity contribution < 1.29 is 13.2 Å². The molecule has 2 fully saturated rings. The average Bonchev–Trinajstić information content (AvgIpc) is 2.76. The normalized spacial score (nSPS) is 29.6. The third-order valence-corrected chi connectivity index (χ3v) is 6.09. The molecule has 2 aliphatic rings. The van der Waals surface area contributed by atoms with Crippen molar-refractivity contribution in [3.8, 4) is 0 Å². The number of rotatable bonds is 4. The van der Waals surface area contributed by atoms with E-state index in [-0.39, 0.29) is 29.4 Å². The van der Waals surface area contributed by atoms with Gasteiger partial charge in [-0.15, -0.1) is 0 Å². The monoisotopic (exact) mass is 302 g/mol. The van der Waals surface area contributed by atoms with Crippen molar-refractivity contribution in [3.05, 3.63) is 0 Å². The maximum Gasteiger partial charge on any atom is 0.227 e. The third-order valence-electron chi connectivity index (χ3n) is 4.32. The lowest BCUT2D eigenvalue weighted by atomic mass is 10.0. The summed E-state index contributed by atoms with van der Waals surface area (Å²) < 4.78 is 23.1. The van der Waals surface area contributed by atoms with Gasteiger partial charge in [0.15, 0.2) is 9.84 Å². The van der Waals surface area contributed by atoms with E-state index in [4.69, 9.17) is 0 Å². The van der Waals surface area contributed by atoms with E-state index in [1.165, 1.54) is 12.8 Å². The van der Waals surface area contributed by atoms with Gasteiger partial charge in [0.1, 0.15) is 0 Å². The molecule has 2 unspecified atom stereocenters. The summed E-state index contributed by atoms with van der Waals surface area (Å²) in [6, 6.07) is 0.475. The first-order valence-corrected chi connectivity index (χ1v) is 9.45. The maximum absolute atomic E-state index is 12.6. The average molecular weight is 302 g/mol. The topological polar surface area (TPSA) is 66.5 Å².